The summed E-state index contributed by atoms with van der Waals surface area (Å²) in [7, 11) is 0. The molecule has 0 aromatic rings. The molecule has 1 saturated heterocycles. The molecule has 1 heterocycles. The molecule has 2 aliphatic rings. The van der Waals surface area contributed by atoms with Gasteiger partial charge in [-0.15, -0.1) is 0 Å². The van der Waals surface area contributed by atoms with Gasteiger partial charge in [0.15, 0.2) is 5.79 Å². The van der Waals surface area contributed by atoms with E-state index in [0.29, 0.717) is 32.7 Å². The number of ether oxygens (including phenoxy) is 3. The fourth-order valence-electron chi connectivity index (χ4n) is 3.05. The topological polar surface area (TPSA) is 68.6 Å². The lowest BCUT2D eigenvalue weighted by Crippen LogP contribution is -2.41. The van der Waals surface area contributed by atoms with E-state index in [4.69, 9.17) is 19.5 Å². The molecule has 0 aromatic heterocycles. The molecule has 0 amide bonds. The minimum atomic E-state index is -0.451. The molecule has 19 heavy (non-hydrogen) atoms. The fraction of sp³-hybridized carbons (Fsp3) is 0.857. The SMILES string of the molecule is CCOC(=O)CC1(CC#N)CCC2(CC1)OCCO2. The van der Waals surface area contributed by atoms with E-state index in [1.54, 1.807) is 6.92 Å². The molecular formula is C14H21NO4. The highest BCUT2D eigenvalue weighted by molar-refractivity contribution is 5.70. The summed E-state index contributed by atoms with van der Waals surface area (Å²) in [6.07, 6.45) is 3.79. The van der Waals surface area contributed by atoms with Crippen molar-refractivity contribution in [2.24, 2.45) is 5.41 Å². The molecule has 0 radical (unpaired) electrons. The highest BCUT2D eigenvalue weighted by atomic mass is 16.7. The first kappa shape index (κ1) is 14.3. The van der Waals surface area contributed by atoms with Gasteiger partial charge in [-0.3, -0.25) is 4.79 Å². The van der Waals surface area contributed by atoms with Crippen molar-refractivity contribution in [2.45, 2.75) is 51.2 Å². The molecule has 0 bridgehead atoms. The normalized spacial score (nSPS) is 24.0. The van der Waals surface area contributed by atoms with E-state index in [9.17, 15) is 4.79 Å². The minimum absolute atomic E-state index is 0.207. The van der Waals surface area contributed by atoms with E-state index in [1.807, 2.05) is 0 Å². The summed E-state index contributed by atoms with van der Waals surface area (Å²) in [5.74, 6) is -0.657. The van der Waals surface area contributed by atoms with E-state index >= 15 is 0 Å². The molecule has 1 aliphatic heterocycles. The quantitative estimate of drug-likeness (QED) is 0.730. The molecule has 0 unspecified atom stereocenters. The third-order valence-electron chi connectivity index (χ3n) is 4.16. The number of esters is 1. The molecule has 5 nitrogen and oxygen atoms in total. The van der Waals surface area contributed by atoms with Crippen LogP contribution in [0.2, 0.25) is 0 Å². The van der Waals surface area contributed by atoms with Crippen LogP contribution >= 0.6 is 0 Å². The summed E-state index contributed by atoms with van der Waals surface area (Å²) >= 11 is 0. The van der Waals surface area contributed by atoms with E-state index in [-0.39, 0.29) is 11.4 Å². The van der Waals surface area contributed by atoms with Crippen molar-refractivity contribution in [1.29, 1.82) is 5.26 Å². The predicted molar refractivity (Wildman–Crippen MR) is 67.0 cm³/mol. The third-order valence-corrected chi connectivity index (χ3v) is 4.16. The maximum absolute atomic E-state index is 11.7. The van der Waals surface area contributed by atoms with Crippen LogP contribution in [0.1, 0.15) is 45.4 Å². The van der Waals surface area contributed by atoms with E-state index in [1.165, 1.54) is 0 Å². The summed E-state index contributed by atoms with van der Waals surface area (Å²) in [6, 6.07) is 2.22. The Morgan fingerprint density at radius 3 is 2.42 bits per heavy atom. The molecule has 106 valence electrons. The number of nitrogens with zero attached hydrogens (tertiary/aromatic N) is 1. The van der Waals surface area contributed by atoms with Gasteiger partial charge < -0.3 is 14.2 Å². The van der Waals surface area contributed by atoms with Crippen molar-refractivity contribution in [1.82, 2.24) is 0 Å². The highest BCUT2D eigenvalue weighted by Crippen LogP contribution is 2.48. The second-order valence-electron chi connectivity index (χ2n) is 5.42. The molecule has 0 aromatic carbocycles. The number of carbonyl (C=O) groups is 1. The van der Waals surface area contributed by atoms with Crippen molar-refractivity contribution >= 4 is 5.97 Å². The van der Waals surface area contributed by atoms with Crippen molar-refractivity contribution in [3.05, 3.63) is 0 Å². The van der Waals surface area contributed by atoms with Gasteiger partial charge in [-0.2, -0.15) is 5.26 Å². The van der Waals surface area contributed by atoms with E-state index in [0.717, 1.165) is 25.7 Å². The van der Waals surface area contributed by atoms with Gasteiger partial charge in [0.1, 0.15) is 0 Å². The summed E-state index contributed by atoms with van der Waals surface area (Å²) in [5.41, 5.74) is -0.262. The van der Waals surface area contributed by atoms with Crippen LogP contribution in [0.3, 0.4) is 0 Å². The molecule has 0 atom stereocenters. The first-order valence-electron chi connectivity index (χ1n) is 6.94. The van der Waals surface area contributed by atoms with Gasteiger partial charge in [-0.05, 0) is 25.2 Å². The Hall–Kier alpha value is -1.12. The smallest absolute Gasteiger partial charge is 0.306 e. The zero-order valence-corrected chi connectivity index (χ0v) is 11.4. The zero-order valence-electron chi connectivity index (χ0n) is 11.4. The molecule has 2 fully saturated rings. The Kier molecular flexibility index (Phi) is 4.43. The van der Waals surface area contributed by atoms with Crippen molar-refractivity contribution < 1.29 is 19.0 Å². The van der Waals surface area contributed by atoms with E-state index < -0.39 is 5.79 Å². The van der Waals surface area contributed by atoms with Crippen LogP contribution in [0.5, 0.6) is 0 Å². The van der Waals surface area contributed by atoms with Crippen LogP contribution in [0.25, 0.3) is 0 Å². The lowest BCUT2D eigenvalue weighted by atomic mass is 9.68. The lowest BCUT2D eigenvalue weighted by molar-refractivity contribution is -0.193. The van der Waals surface area contributed by atoms with Crippen LogP contribution in [0.15, 0.2) is 0 Å². The average molecular weight is 267 g/mol. The molecule has 5 heteroatoms. The Bertz CT molecular complexity index is 358. The average Bonchev–Trinajstić information content (AvgIpc) is 2.83. The lowest BCUT2D eigenvalue weighted by Gasteiger charge is -2.42. The molecule has 1 aliphatic carbocycles. The monoisotopic (exact) mass is 267 g/mol. The maximum Gasteiger partial charge on any atom is 0.306 e. The van der Waals surface area contributed by atoms with Gasteiger partial charge in [-0.1, -0.05) is 0 Å². The van der Waals surface area contributed by atoms with Gasteiger partial charge >= 0.3 is 5.97 Å². The first-order valence-corrected chi connectivity index (χ1v) is 6.94. The fourth-order valence-corrected chi connectivity index (χ4v) is 3.05. The second-order valence-corrected chi connectivity index (χ2v) is 5.42. The first-order chi connectivity index (χ1) is 9.14. The molecule has 1 saturated carbocycles. The van der Waals surface area contributed by atoms with Crippen LogP contribution in [-0.4, -0.2) is 31.6 Å². The van der Waals surface area contributed by atoms with Crippen LogP contribution in [0.4, 0.5) is 0 Å². The molecule has 1 spiro atoms. The van der Waals surface area contributed by atoms with Crippen LogP contribution in [0, 0.1) is 16.7 Å². The van der Waals surface area contributed by atoms with Crippen molar-refractivity contribution in [3.8, 4) is 6.07 Å². The summed E-state index contributed by atoms with van der Waals surface area (Å²) in [5, 5.41) is 9.02. The number of carbonyl (C=O) groups excluding carboxylic acids is 1. The van der Waals surface area contributed by atoms with Crippen LogP contribution in [-0.2, 0) is 19.0 Å². The van der Waals surface area contributed by atoms with Gasteiger partial charge in [0.2, 0.25) is 0 Å². The number of hydrogen-bond donors (Lipinski definition) is 0. The standard InChI is InChI=1S/C14H21NO4/c1-2-17-12(16)11-13(7-8-15)3-5-14(6-4-13)18-9-10-19-14/h2-7,9-11H2,1H3. The van der Waals surface area contributed by atoms with Gasteiger partial charge in [0.25, 0.3) is 0 Å². The summed E-state index contributed by atoms with van der Waals surface area (Å²) in [4.78, 5) is 11.7. The van der Waals surface area contributed by atoms with Gasteiger partial charge in [0.05, 0.1) is 32.3 Å². The highest BCUT2D eigenvalue weighted by Gasteiger charge is 2.47. The van der Waals surface area contributed by atoms with Crippen molar-refractivity contribution in [3.63, 3.8) is 0 Å². The third kappa shape index (κ3) is 3.26. The number of hydrogen-bond acceptors (Lipinski definition) is 5. The Morgan fingerprint density at radius 1 is 1.26 bits per heavy atom. The summed E-state index contributed by atoms with van der Waals surface area (Å²) in [6.45, 7) is 3.47. The maximum atomic E-state index is 11.7. The van der Waals surface area contributed by atoms with E-state index in [2.05, 4.69) is 6.07 Å². The Morgan fingerprint density at radius 2 is 1.89 bits per heavy atom. The number of rotatable bonds is 4. The molecule has 2 rings (SSSR count). The number of nitriles is 1. The minimum Gasteiger partial charge on any atom is -0.466 e. The van der Waals surface area contributed by atoms with Crippen LogP contribution < -0.4 is 0 Å². The van der Waals surface area contributed by atoms with Crippen molar-refractivity contribution in [2.75, 3.05) is 19.8 Å². The molecular weight excluding hydrogens is 246 g/mol. The molecule has 0 N–H and O–H groups in total. The Balaban J connectivity index is 1.98. The van der Waals surface area contributed by atoms with Gasteiger partial charge in [0, 0.05) is 19.3 Å². The largest absolute Gasteiger partial charge is 0.466 e. The zero-order chi connectivity index (χ0) is 13.8. The Labute approximate surface area is 113 Å². The van der Waals surface area contributed by atoms with Gasteiger partial charge in [-0.25, -0.2) is 0 Å². The summed E-state index contributed by atoms with van der Waals surface area (Å²) < 4.78 is 16.4. The second kappa shape index (κ2) is 5.89. The predicted octanol–water partition coefficient (Wildman–Crippen LogP) is 2.16.